The molecule has 0 aliphatic carbocycles. The molecule has 2 N–H and O–H groups in total. The van der Waals surface area contributed by atoms with Gasteiger partial charge in [-0.3, -0.25) is 0 Å². The predicted molar refractivity (Wildman–Crippen MR) is 65.8 cm³/mol. The van der Waals surface area contributed by atoms with Crippen molar-refractivity contribution < 1.29 is 4.39 Å². The lowest BCUT2D eigenvalue weighted by Gasteiger charge is -2.33. The number of rotatable bonds is 1. The van der Waals surface area contributed by atoms with E-state index in [1.807, 2.05) is 0 Å². The lowest BCUT2D eigenvalue weighted by atomic mass is 10.1. The molecule has 1 aliphatic heterocycles. The van der Waals surface area contributed by atoms with Crippen molar-refractivity contribution >= 4 is 28.9 Å². The molecule has 0 spiro atoms. The van der Waals surface area contributed by atoms with Crippen LogP contribution < -0.4 is 10.6 Å². The fraction of sp³-hybridized carbons (Fsp3) is 0.455. The lowest BCUT2D eigenvalue weighted by Crippen LogP contribution is -2.39. The van der Waals surface area contributed by atoms with E-state index >= 15 is 0 Å². The molecule has 0 aromatic heterocycles. The Kier molecular flexibility index (Phi) is 3.57. The Morgan fingerprint density at radius 3 is 2.19 bits per heavy atom. The Morgan fingerprint density at radius 1 is 1.19 bits per heavy atom. The van der Waals surface area contributed by atoms with Crippen LogP contribution in [-0.2, 0) is 0 Å². The van der Waals surface area contributed by atoms with Crippen molar-refractivity contribution in [2.75, 3.05) is 18.0 Å². The molecule has 0 amide bonds. The maximum Gasteiger partial charge on any atom is 0.126 e. The van der Waals surface area contributed by atoms with Gasteiger partial charge in [-0.15, -0.1) is 0 Å². The summed E-state index contributed by atoms with van der Waals surface area (Å²) in [6.07, 6.45) is 1.81. The van der Waals surface area contributed by atoms with Crippen LogP contribution in [0.4, 0.5) is 10.1 Å². The summed E-state index contributed by atoms with van der Waals surface area (Å²) < 4.78 is 13.0. The van der Waals surface area contributed by atoms with Gasteiger partial charge in [0.05, 0.1) is 15.7 Å². The van der Waals surface area contributed by atoms with Gasteiger partial charge in [-0.05, 0) is 25.0 Å². The normalized spacial score (nSPS) is 17.9. The van der Waals surface area contributed by atoms with E-state index in [4.69, 9.17) is 28.9 Å². The highest BCUT2D eigenvalue weighted by atomic mass is 35.5. The van der Waals surface area contributed by atoms with Gasteiger partial charge in [-0.2, -0.15) is 0 Å². The number of nitrogens with two attached hydrogens (primary N) is 1. The third-order valence-corrected chi connectivity index (χ3v) is 3.41. The molecular formula is C11H13Cl2FN2. The smallest absolute Gasteiger partial charge is 0.126 e. The topological polar surface area (TPSA) is 29.3 Å². The number of halogens is 3. The van der Waals surface area contributed by atoms with Crippen LogP contribution >= 0.6 is 23.2 Å². The molecule has 5 heteroatoms. The Morgan fingerprint density at radius 2 is 1.69 bits per heavy atom. The molecule has 0 saturated carbocycles. The minimum Gasteiger partial charge on any atom is -0.369 e. The summed E-state index contributed by atoms with van der Waals surface area (Å²) >= 11 is 12.0. The predicted octanol–water partition coefficient (Wildman–Crippen LogP) is 3.06. The molecule has 1 aromatic carbocycles. The first kappa shape index (κ1) is 12.0. The van der Waals surface area contributed by atoms with Crippen LogP contribution in [0, 0.1) is 5.82 Å². The SMILES string of the molecule is NC1CCN(c2c(Cl)cc(F)cc2Cl)CC1. The van der Waals surface area contributed by atoms with E-state index < -0.39 is 5.82 Å². The average molecular weight is 263 g/mol. The van der Waals surface area contributed by atoms with E-state index in [1.54, 1.807) is 0 Å². The molecule has 1 saturated heterocycles. The van der Waals surface area contributed by atoms with E-state index in [1.165, 1.54) is 12.1 Å². The maximum absolute atomic E-state index is 13.0. The van der Waals surface area contributed by atoms with Crippen molar-refractivity contribution in [3.8, 4) is 0 Å². The molecule has 1 aliphatic rings. The fourth-order valence-electron chi connectivity index (χ4n) is 1.96. The summed E-state index contributed by atoms with van der Waals surface area (Å²) in [5.74, 6) is -0.410. The van der Waals surface area contributed by atoms with Crippen molar-refractivity contribution in [3.63, 3.8) is 0 Å². The Hall–Kier alpha value is -0.510. The summed E-state index contributed by atoms with van der Waals surface area (Å²) in [4.78, 5) is 2.06. The third-order valence-electron chi connectivity index (χ3n) is 2.84. The average Bonchev–Trinajstić information content (AvgIpc) is 2.19. The number of anilines is 1. The van der Waals surface area contributed by atoms with E-state index in [-0.39, 0.29) is 6.04 Å². The zero-order chi connectivity index (χ0) is 11.7. The molecule has 1 heterocycles. The number of hydrogen-bond donors (Lipinski definition) is 1. The van der Waals surface area contributed by atoms with Crippen molar-refractivity contribution in [3.05, 3.63) is 28.0 Å². The van der Waals surface area contributed by atoms with Crippen molar-refractivity contribution in [1.29, 1.82) is 0 Å². The van der Waals surface area contributed by atoms with Crippen molar-refractivity contribution in [1.82, 2.24) is 0 Å². The van der Waals surface area contributed by atoms with Gasteiger partial charge in [0.15, 0.2) is 0 Å². The van der Waals surface area contributed by atoms with Gasteiger partial charge >= 0.3 is 0 Å². The standard InChI is InChI=1S/C11H13Cl2FN2/c12-9-5-7(14)6-10(13)11(9)16-3-1-8(15)2-4-16/h5-6,8H,1-4,15H2. The Balaban J connectivity index is 2.26. The van der Waals surface area contributed by atoms with E-state index in [0.717, 1.165) is 31.6 Å². The van der Waals surface area contributed by atoms with Crippen LogP contribution in [0.25, 0.3) is 0 Å². The molecule has 88 valence electrons. The second kappa shape index (κ2) is 4.78. The van der Waals surface area contributed by atoms with Gasteiger partial charge in [0.2, 0.25) is 0 Å². The number of hydrogen-bond acceptors (Lipinski definition) is 2. The monoisotopic (exact) mass is 262 g/mol. The second-order valence-corrected chi connectivity index (χ2v) is 4.86. The summed E-state index contributed by atoms with van der Waals surface area (Å²) in [5.41, 5.74) is 6.54. The first-order valence-electron chi connectivity index (χ1n) is 5.23. The van der Waals surface area contributed by atoms with Crippen molar-refractivity contribution in [2.24, 2.45) is 5.73 Å². The van der Waals surface area contributed by atoms with Gasteiger partial charge in [0.25, 0.3) is 0 Å². The van der Waals surface area contributed by atoms with Crippen LogP contribution in [0.3, 0.4) is 0 Å². The quantitative estimate of drug-likeness (QED) is 0.843. The number of benzene rings is 1. The van der Waals surface area contributed by atoms with E-state index in [2.05, 4.69) is 4.90 Å². The Labute approximate surface area is 104 Å². The third kappa shape index (κ3) is 2.42. The minimum atomic E-state index is -0.410. The van der Waals surface area contributed by atoms with Gasteiger partial charge < -0.3 is 10.6 Å². The molecule has 2 rings (SSSR count). The minimum absolute atomic E-state index is 0.245. The zero-order valence-corrected chi connectivity index (χ0v) is 10.2. The van der Waals surface area contributed by atoms with E-state index in [9.17, 15) is 4.39 Å². The van der Waals surface area contributed by atoms with E-state index in [0.29, 0.717) is 10.0 Å². The molecule has 16 heavy (non-hydrogen) atoms. The lowest BCUT2D eigenvalue weighted by molar-refractivity contribution is 0.501. The van der Waals surface area contributed by atoms with Crippen LogP contribution in [0.1, 0.15) is 12.8 Å². The first-order valence-corrected chi connectivity index (χ1v) is 5.98. The van der Waals surface area contributed by atoms with Gasteiger partial charge in [0, 0.05) is 19.1 Å². The number of nitrogens with zero attached hydrogens (tertiary/aromatic N) is 1. The summed E-state index contributed by atoms with van der Waals surface area (Å²) in [7, 11) is 0. The summed E-state index contributed by atoms with van der Waals surface area (Å²) in [5, 5.41) is 0.723. The summed E-state index contributed by atoms with van der Waals surface area (Å²) in [6, 6.07) is 2.82. The van der Waals surface area contributed by atoms with Crippen LogP contribution in [0.5, 0.6) is 0 Å². The molecule has 0 unspecified atom stereocenters. The van der Waals surface area contributed by atoms with Crippen LogP contribution in [0.2, 0.25) is 10.0 Å². The first-order chi connectivity index (χ1) is 7.58. The molecule has 0 atom stereocenters. The molecule has 1 fully saturated rings. The largest absolute Gasteiger partial charge is 0.369 e. The van der Waals surface area contributed by atoms with Crippen LogP contribution in [-0.4, -0.2) is 19.1 Å². The molecular weight excluding hydrogens is 250 g/mol. The summed E-state index contributed by atoms with van der Waals surface area (Å²) in [6.45, 7) is 1.62. The molecule has 0 radical (unpaired) electrons. The van der Waals surface area contributed by atoms with Crippen molar-refractivity contribution in [2.45, 2.75) is 18.9 Å². The highest BCUT2D eigenvalue weighted by molar-refractivity contribution is 6.39. The Bertz CT molecular complexity index is 367. The van der Waals surface area contributed by atoms with Crippen LogP contribution in [0.15, 0.2) is 12.1 Å². The number of piperidine rings is 1. The second-order valence-electron chi connectivity index (χ2n) is 4.04. The molecule has 1 aromatic rings. The zero-order valence-electron chi connectivity index (χ0n) is 8.72. The maximum atomic E-state index is 13.0. The molecule has 2 nitrogen and oxygen atoms in total. The van der Waals surface area contributed by atoms with Gasteiger partial charge in [0.1, 0.15) is 5.82 Å². The highest BCUT2D eigenvalue weighted by Gasteiger charge is 2.20. The van der Waals surface area contributed by atoms with Gasteiger partial charge in [-0.25, -0.2) is 4.39 Å². The van der Waals surface area contributed by atoms with Gasteiger partial charge in [-0.1, -0.05) is 23.2 Å². The highest BCUT2D eigenvalue weighted by Crippen LogP contribution is 2.35. The molecule has 0 bridgehead atoms. The fourth-order valence-corrected chi connectivity index (χ4v) is 2.66.